The van der Waals surface area contributed by atoms with Crippen LogP contribution in [0.3, 0.4) is 0 Å². The molecule has 18 heavy (non-hydrogen) atoms. The second-order valence-electron chi connectivity index (χ2n) is 5.85. The first-order chi connectivity index (χ1) is 8.47. The molecule has 0 rings (SSSR count). The quantitative estimate of drug-likeness (QED) is 0.561. The maximum Gasteiger partial charge on any atom is 0.0897 e. The van der Waals surface area contributed by atoms with Gasteiger partial charge < -0.3 is 15.2 Å². The molecular weight excluding hydrogens is 226 g/mol. The molecule has 3 nitrogen and oxygen atoms in total. The summed E-state index contributed by atoms with van der Waals surface area (Å²) in [5.74, 6) is 1.38. The monoisotopic (exact) mass is 259 g/mol. The molecule has 0 aliphatic rings. The summed E-state index contributed by atoms with van der Waals surface area (Å²) in [6.07, 6.45) is 3.05. The third-order valence-electron chi connectivity index (χ3n) is 3.55. The fraction of sp³-hybridized carbons (Fsp3) is 1.00. The minimum absolute atomic E-state index is 0.393. The Morgan fingerprint density at radius 3 is 2.39 bits per heavy atom. The third kappa shape index (κ3) is 9.86. The number of aliphatic hydroxyl groups is 1. The molecule has 2 N–H and O–H groups in total. The molecule has 0 saturated carbocycles. The molecule has 0 aromatic rings. The van der Waals surface area contributed by atoms with Crippen LogP contribution < -0.4 is 5.32 Å². The van der Waals surface area contributed by atoms with Crippen molar-refractivity contribution in [3.8, 4) is 0 Å². The Morgan fingerprint density at radius 2 is 1.83 bits per heavy atom. The Hall–Kier alpha value is -0.120. The van der Waals surface area contributed by atoms with Crippen molar-refractivity contribution in [1.82, 2.24) is 5.32 Å². The summed E-state index contributed by atoms with van der Waals surface area (Å²) in [5.41, 5.74) is 0. The lowest BCUT2D eigenvalue weighted by molar-refractivity contribution is 0.0329. The van der Waals surface area contributed by atoms with E-state index in [0.717, 1.165) is 25.4 Å². The summed E-state index contributed by atoms with van der Waals surface area (Å²) < 4.78 is 5.47. The van der Waals surface area contributed by atoms with Crippen LogP contribution in [0.5, 0.6) is 0 Å². The van der Waals surface area contributed by atoms with Gasteiger partial charge in [-0.1, -0.05) is 34.1 Å². The Labute approximate surface area is 113 Å². The molecule has 0 aromatic carbocycles. The highest BCUT2D eigenvalue weighted by Crippen LogP contribution is 2.06. The van der Waals surface area contributed by atoms with E-state index in [9.17, 15) is 5.11 Å². The molecule has 0 fully saturated rings. The molecule has 0 amide bonds. The largest absolute Gasteiger partial charge is 0.389 e. The van der Waals surface area contributed by atoms with Crippen LogP contribution in [0.25, 0.3) is 0 Å². The van der Waals surface area contributed by atoms with Gasteiger partial charge in [-0.15, -0.1) is 0 Å². The number of rotatable bonds is 11. The Morgan fingerprint density at radius 1 is 1.17 bits per heavy atom. The molecule has 0 aromatic heterocycles. The first-order valence-corrected chi connectivity index (χ1v) is 7.46. The number of nitrogens with one attached hydrogen (secondary N) is 1. The van der Waals surface area contributed by atoms with E-state index in [-0.39, 0.29) is 0 Å². The second kappa shape index (κ2) is 10.8. The zero-order chi connectivity index (χ0) is 14.0. The zero-order valence-corrected chi connectivity index (χ0v) is 12.9. The van der Waals surface area contributed by atoms with Crippen LogP contribution in [-0.4, -0.2) is 37.0 Å². The first-order valence-electron chi connectivity index (χ1n) is 7.46. The van der Waals surface area contributed by atoms with Crippen LogP contribution in [0, 0.1) is 11.8 Å². The van der Waals surface area contributed by atoms with E-state index in [1.54, 1.807) is 0 Å². The molecule has 3 heteroatoms. The van der Waals surface area contributed by atoms with Gasteiger partial charge in [-0.3, -0.25) is 0 Å². The highest BCUT2D eigenvalue weighted by Gasteiger charge is 2.11. The predicted molar refractivity (Wildman–Crippen MR) is 77.8 cm³/mol. The summed E-state index contributed by atoms with van der Waals surface area (Å²) in [4.78, 5) is 0. The van der Waals surface area contributed by atoms with Crippen molar-refractivity contribution in [3.63, 3.8) is 0 Å². The topological polar surface area (TPSA) is 41.5 Å². The maximum atomic E-state index is 9.77. The first kappa shape index (κ1) is 17.9. The van der Waals surface area contributed by atoms with Crippen molar-refractivity contribution in [3.05, 3.63) is 0 Å². The number of hydrogen-bond acceptors (Lipinski definition) is 3. The van der Waals surface area contributed by atoms with Gasteiger partial charge in [0, 0.05) is 19.2 Å². The van der Waals surface area contributed by atoms with E-state index in [0.29, 0.717) is 25.1 Å². The smallest absolute Gasteiger partial charge is 0.0897 e. The van der Waals surface area contributed by atoms with Crippen LogP contribution >= 0.6 is 0 Å². The van der Waals surface area contributed by atoms with Gasteiger partial charge in [0.1, 0.15) is 0 Å². The van der Waals surface area contributed by atoms with Crippen molar-refractivity contribution in [2.45, 2.75) is 66.0 Å². The van der Waals surface area contributed by atoms with E-state index in [1.807, 2.05) is 0 Å². The molecule has 3 atom stereocenters. The highest BCUT2D eigenvalue weighted by molar-refractivity contribution is 4.69. The van der Waals surface area contributed by atoms with Crippen molar-refractivity contribution in [2.24, 2.45) is 11.8 Å². The van der Waals surface area contributed by atoms with Crippen LogP contribution in [0.1, 0.15) is 53.9 Å². The summed E-state index contributed by atoms with van der Waals surface area (Å²) in [7, 11) is 0. The molecular formula is C15H33NO2. The van der Waals surface area contributed by atoms with Gasteiger partial charge in [0.05, 0.1) is 12.7 Å². The summed E-state index contributed by atoms with van der Waals surface area (Å²) in [5, 5.41) is 13.1. The fourth-order valence-electron chi connectivity index (χ4n) is 1.75. The molecule has 0 aliphatic carbocycles. The van der Waals surface area contributed by atoms with E-state index in [2.05, 4.69) is 39.9 Å². The summed E-state index contributed by atoms with van der Waals surface area (Å²) >= 11 is 0. The average molecular weight is 259 g/mol. The maximum absolute atomic E-state index is 9.77. The van der Waals surface area contributed by atoms with Gasteiger partial charge in [0.2, 0.25) is 0 Å². The van der Waals surface area contributed by atoms with Crippen molar-refractivity contribution in [1.29, 1.82) is 0 Å². The number of aliphatic hydroxyl groups excluding tert-OH is 1. The molecule has 110 valence electrons. The minimum Gasteiger partial charge on any atom is -0.389 e. The SMILES string of the molecule is CCC(C)C(C)NCC(O)COCCCC(C)C. The number of ether oxygens (including phenoxy) is 1. The predicted octanol–water partition coefficient (Wildman–Crippen LogP) is 2.82. The van der Waals surface area contributed by atoms with E-state index in [1.165, 1.54) is 6.42 Å². The lowest BCUT2D eigenvalue weighted by Gasteiger charge is -2.21. The van der Waals surface area contributed by atoms with Crippen LogP contribution in [0.15, 0.2) is 0 Å². The molecule has 3 unspecified atom stereocenters. The highest BCUT2D eigenvalue weighted by atomic mass is 16.5. The van der Waals surface area contributed by atoms with Gasteiger partial charge in [-0.05, 0) is 31.6 Å². The minimum atomic E-state index is -0.393. The molecule has 0 saturated heterocycles. The van der Waals surface area contributed by atoms with Gasteiger partial charge in [0.15, 0.2) is 0 Å². The van der Waals surface area contributed by atoms with Gasteiger partial charge in [-0.25, -0.2) is 0 Å². The zero-order valence-electron chi connectivity index (χ0n) is 12.9. The van der Waals surface area contributed by atoms with E-state index >= 15 is 0 Å². The van der Waals surface area contributed by atoms with Gasteiger partial charge in [0.25, 0.3) is 0 Å². The summed E-state index contributed by atoms with van der Waals surface area (Å²) in [6, 6.07) is 0.450. The lowest BCUT2D eigenvalue weighted by atomic mass is 10.0. The standard InChI is InChI=1S/C15H33NO2/c1-6-13(4)14(5)16-10-15(17)11-18-9-7-8-12(2)3/h12-17H,6-11H2,1-5H3. The average Bonchev–Trinajstić information content (AvgIpc) is 2.34. The van der Waals surface area contributed by atoms with Crippen molar-refractivity contribution in [2.75, 3.05) is 19.8 Å². The van der Waals surface area contributed by atoms with Crippen molar-refractivity contribution >= 4 is 0 Å². The molecule has 0 spiro atoms. The lowest BCUT2D eigenvalue weighted by Crippen LogP contribution is -2.39. The molecule has 0 radical (unpaired) electrons. The second-order valence-corrected chi connectivity index (χ2v) is 5.85. The van der Waals surface area contributed by atoms with Crippen LogP contribution in [0.4, 0.5) is 0 Å². The van der Waals surface area contributed by atoms with Crippen LogP contribution in [-0.2, 0) is 4.74 Å². The third-order valence-corrected chi connectivity index (χ3v) is 3.55. The van der Waals surface area contributed by atoms with Crippen LogP contribution in [0.2, 0.25) is 0 Å². The normalized spacial score (nSPS) is 16.8. The molecule has 0 heterocycles. The Kier molecular flexibility index (Phi) is 10.7. The van der Waals surface area contributed by atoms with Crippen molar-refractivity contribution < 1.29 is 9.84 Å². The Bertz CT molecular complexity index is 185. The molecule has 0 aliphatic heterocycles. The molecule has 0 bridgehead atoms. The van der Waals surface area contributed by atoms with Gasteiger partial charge in [-0.2, -0.15) is 0 Å². The fourth-order valence-corrected chi connectivity index (χ4v) is 1.75. The van der Waals surface area contributed by atoms with E-state index < -0.39 is 6.10 Å². The Balaban J connectivity index is 3.45. The number of hydrogen-bond donors (Lipinski definition) is 2. The van der Waals surface area contributed by atoms with Gasteiger partial charge >= 0.3 is 0 Å². The summed E-state index contributed by atoms with van der Waals surface area (Å²) in [6.45, 7) is 12.8. The van der Waals surface area contributed by atoms with E-state index in [4.69, 9.17) is 4.74 Å².